The maximum Gasteiger partial charge on any atom is 0.153 e. The Bertz CT molecular complexity index is 609. The molecule has 0 atom stereocenters. The Morgan fingerprint density at radius 2 is 1.95 bits per heavy atom. The zero-order valence-electron chi connectivity index (χ0n) is 12.7. The Morgan fingerprint density at radius 1 is 1.25 bits per heavy atom. The molecular formula is C17H22N2O. The molecule has 0 spiro atoms. The molecule has 3 heteroatoms. The fourth-order valence-corrected chi connectivity index (χ4v) is 2.54. The highest BCUT2D eigenvalue weighted by Gasteiger charge is 2.16. The molecule has 0 amide bonds. The van der Waals surface area contributed by atoms with Gasteiger partial charge in [-0.05, 0) is 38.3 Å². The zero-order valence-corrected chi connectivity index (χ0v) is 12.7. The van der Waals surface area contributed by atoms with Crippen LogP contribution in [0.2, 0.25) is 0 Å². The normalized spacial score (nSPS) is 11.1. The van der Waals surface area contributed by atoms with Crippen molar-refractivity contribution in [2.45, 2.75) is 46.6 Å². The van der Waals surface area contributed by atoms with Crippen molar-refractivity contribution in [3.63, 3.8) is 0 Å². The first kappa shape index (κ1) is 14.5. The lowest BCUT2D eigenvalue weighted by Gasteiger charge is -2.12. The number of rotatable bonds is 5. The highest BCUT2D eigenvalue weighted by molar-refractivity contribution is 5.86. The molecule has 2 rings (SSSR count). The molecule has 0 radical (unpaired) electrons. The third-order valence-corrected chi connectivity index (χ3v) is 3.85. The van der Waals surface area contributed by atoms with Crippen molar-refractivity contribution in [1.29, 1.82) is 0 Å². The van der Waals surface area contributed by atoms with Gasteiger partial charge in [0.1, 0.15) is 5.69 Å². The fraction of sp³-hybridized carbons (Fsp3) is 0.412. The molecule has 0 saturated heterocycles. The molecule has 106 valence electrons. The maximum absolute atomic E-state index is 11.4. The average Bonchev–Trinajstić information content (AvgIpc) is 2.87. The predicted molar refractivity (Wildman–Crippen MR) is 82.1 cm³/mol. The van der Waals surface area contributed by atoms with Gasteiger partial charge in [0.2, 0.25) is 0 Å². The molecule has 0 aliphatic heterocycles. The van der Waals surface area contributed by atoms with Crippen molar-refractivity contribution in [2.24, 2.45) is 0 Å². The lowest BCUT2D eigenvalue weighted by atomic mass is 10.0. The molecule has 0 fully saturated rings. The standard InChI is InChI=1S/C17H22N2O/c1-5-15(6-2)19-10-14(11-20)17(18-19)16-9-12(3)7-8-13(16)4/h7-11,15H,5-6H2,1-4H3. The van der Waals surface area contributed by atoms with Gasteiger partial charge in [0.25, 0.3) is 0 Å². The average molecular weight is 270 g/mol. The molecule has 0 N–H and O–H groups in total. The quantitative estimate of drug-likeness (QED) is 0.757. The summed E-state index contributed by atoms with van der Waals surface area (Å²) in [6, 6.07) is 6.61. The van der Waals surface area contributed by atoms with Crippen molar-refractivity contribution < 1.29 is 4.79 Å². The van der Waals surface area contributed by atoms with Gasteiger partial charge in [-0.1, -0.05) is 31.5 Å². The summed E-state index contributed by atoms with van der Waals surface area (Å²) in [4.78, 5) is 11.4. The molecule has 0 bridgehead atoms. The van der Waals surface area contributed by atoms with Crippen LogP contribution in [0.4, 0.5) is 0 Å². The van der Waals surface area contributed by atoms with Gasteiger partial charge in [-0.3, -0.25) is 9.48 Å². The van der Waals surface area contributed by atoms with Crippen LogP contribution in [-0.2, 0) is 0 Å². The molecule has 0 unspecified atom stereocenters. The molecular weight excluding hydrogens is 248 g/mol. The number of nitrogens with zero attached hydrogens (tertiary/aromatic N) is 2. The summed E-state index contributed by atoms with van der Waals surface area (Å²) in [5, 5.41) is 4.68. The summed E-state index contributed by atoms with van der Waals surface area (Å²) in [5.41, 5.74) is 4.85. The molecule has 0 aliphatic rings. The Morgan fingerprint density at radius 3 is 2.55 bits per heavy atom. The molecule has 0 aliphatic carbocycles. The number of aryl methyl sites for hydroxylation is 2. The third-order valence-electron chi connectivity index (χ3n) is 3.85. The first-order valence-corrected chi connectivity index (χ1v) is 7.22. The number of aldehydes is 1. The van der Waals surface area contributed by atoms with Crippen LogP contribution in [0.1, 0.15) is 54.2 Å². The van der Waals surface area contributed by atoms with Crippen molar-refractivity contribution in [1.82, 2.24) is 9.78 Å². The van der Waals surface area contributed by atoms with Gasteiger partial charge in [-0.2, -0.15) is 5.10 Å². The van der Waals surface area contributed by atoms with Crippen LogP contribution in [0.25, 0.3) is 11.3 Å². The topological polar surface area (TPSA) is 34.9 Å². The number of carbonyl (C=O) groups excluding carboxylic acids is 1. The van der Waals surface area contributed by atoms with E-state index in [0.29, 0.717) is 11.6 Å². The molecule has 3 nitrogen and oxygen atoms in total. The molecule has 20 heavy (non-hydrogen) atoms. The second-order valence-electron chi connectivity index (χ2n) is 5.32. The number of carbonyl (C=O) groups is 1. The van der Waals surface area contributed by atoms with Gasteiger partial charge in [0.05, 0.1) is 11.6 Å². The summed E-state index contributed by atoms with van der Waals surface area (Å²) in [6.07, 6.45) is 4.82. The molecule has 1 heterocycles. The van der Waals surface area contributed by atoms with Crippen molar-refractivity contribution in [3.05, 3.63) is 41.1 Å². The van der Waals surface area contributed by atoms with Gasteiger partial charge in [-0.25, -0.2) is 0 Å². The largest absolute Gasteiger partial charge is 0.298 e. The van der Waals surface area contributed by atoms with Gasteiger partial charge < -0.3 is 0 Å². The van der Waals surface area contributed by atoms with E-state index in [4.69, 9.17) is 0 Å². The minimum absolute atomic E-state index is 0.354. The van der Waals surface area contributed by atoms with Crippen LogP contribution in [-0.4, -0.2) is 16.1 Å². The van der Waals surface area contributed by atoms with Gasteiger partial charge in [0.15, 0.2) is 6.29 Å². The second kappa shape index (κ2) is 6.04. The third kappa shape index (κ3) is 2.67. The van der Waals surface area contributed by atoms with E-state index in [1.54, 1.807) is 0 Å². The lowest BCUT2D eigenvalue weighted by Crippen LogP contribution is -2.07. The van der Waals surface area contributed by atoms with E-state index in [0.717, 1.165) is 35.9 Å². The smallest absolute Gasteiger partial charge is 0.153 e. The van der Waals surface area contributed by atoms with Gasteiger partial charge in [0, 0.05) is 11.8 Å². The molecule has 0 saturated carbocycles. The highest BCUT2D eigenvalue weighted by atomic mass is 16.1. The Kier molecular flexibility index (Phi) is 4.38. The van der Waals surface area contributed by atoms with E-state index >= 15 is 0 Å². The SMILES string of the molecule is CCC(CC)n1cc(C=O)c(-c2cc(C)ccc2C)n1. The second-order valence-corrected chi connectivity index (χ2v) is 5.32. The minimum atomic E-state index is 0.354. The van der Waals surface area contributed by atoms with Gasteiger partial charge in [-0.15, -0.1) is 0 Å². The van der Waals surface area contributed by atoms with E-state index in [1.807, 2.05) is 10.9 Å². The minimum Gasteiger partial charge on any atom is -0.298 e. The summed E-state index contributed by atoms with van der Waals surface area (Å²) in [6.45, 7) is 8.41. The lowest BCUT2D eigenvalue weighted by molar-refractivity contribution is 0.112. The predicted octanol–water partition coefficient (Wildman–Crippen LogP) is 4.34. The summed E-state index contributed by atoms with van der Waals surface area (Å²) in [5.74, 6) is 0. The van der Waals surface area contributed by atoms with E-state index < -0.39 is 0 Å². The molecule has 1 aromatic heterocycles. The summed E-state index contributed by atoms with van der Waals surface area (Å²) < 4.78 is 1.95. The number of benzene rings is 1. The molecule has 2 aromatic rings. The monoisotopic (exact) mass is 270 g/mol. The first-order chi connectivity index (χ1) is 9.60. The summed E-state index contributed by atoms with van der Waals surface area (Å²) in [7, 11) is 0. The Labute approximate surface area is 120 Å². The van der Waals surface area contributed by atoms with Crippen LogP contribution < -0.4 is 0 Å². The van der Waals surface area contributed by atoms with E-state index in [9.17, 15) is 4.79 Å². The van der Waals surface area contributed by atoms with Crippen LogP contribution in [0.5, 0.6) is 0 Å². The van der Waals surface area contributed by atoms with Crippen LogP contribution in [0.15, 0.2) is 24.4 Å². The zero-order chi connectivity index (χ0) is 14.7. The van der Waals surface area contributed by atoms with Crippen LogP contribution in [0.3, 0.4) is 0 Å². The number of hydrogen-bond acceptors (Lipinski definition) is 2. The van der Waals surface area contributed by atoms with Crippen molar-refractivity contribution in [3.8, 4) is 11.3 Å². The Hall–Kier alpha value is -1.90. The molecule has 1 aromatic carbocycles. The Balaban J connectivity index is 2.56. The maximum atomic E-state index is 11.4. The van der Waals surface area contributed by atoms with Crippen molar-refractivity contribution in [2.75, 3.05) is 0 Å². The van der Waals surface area contributed by atoms with E-state index in [1.165, 1.54) is 5.56 Å². The fourth-order valence-electron chi connectivity index (χ4n) is 2.54. The van der Waals surface area contributed by atoms with E-state index in [-0.39, 0.29) is 0 Å². The van der Waals surface area contributed by atoms with Crippen molar-refractivity contribution >= 4 is 6.29 Å². The number of aromatic nitrogens is 2. The first-order valence-electron chi connectivity index (χ1n) is 7.22. The van der Waals surface area contributed by atoms with Gasteiger partial charge >= 0.3 is 0 Å². The van der Waals surface area contributed by atoms with E-state index in [2.05, 4.69) is 51.0 Å². The van der Waals surface area contributed by atoms with Crippen LogP contribution >= 0.6 is 0 Å². The number of hydrogen-bond donors (Lipinski definition) is 0. The highest BCUT2D eigenvalue weighted by Crippen LogP contribution is 2.27. The van der Waals surface area contributed by atoms with Crippen LogP contribution in [0, 0.1) is 13.8 Å². The summed E-state index contributed by atoms with van der Waals surface area (Å²) >= 11 is 0.